The molecule has 18 heavy (non-hydrogen) atoms. The Labute approximate surface area is 116 Å². The third-order valence-corrected chi connectivity index (χ3v) is 3.97. The Bertz CT molecular complexity index is 434. The summed E-state index contributed by atoms with van der Waals surface area (Å²) in [4.78, 5) is 11.8. The third-order valence-electron chi connectivity index (χ3n) is 3.23. The highest BCUT2D eigenvalue weighted by Gasteiger charge is 2.24. The summed E-state index contributed by atoms with van der Waals surface area (Å²) in [6.45, 7) is 3.09. The van der Waals surface area contributed by atoms with Crippen molar-refractivity contribution in [3.05, 3.63) is 33.8 Å². The van der Waals surface area contributed by atoms with Crippen LogP contribution in [0.5, 0.6) is 0 Å². The molecular formula is C14H18BrNO2. The van der Waals surface area contributed by atoms with E-state index >= 15 is 0 Å². The monoisotopic (exact) mass is 311 g/mol. The van der Waals surface area contributed by atoms with E-state index in [0.717, 1.165) is 17.3 Å². The van der Waals surface area contributed by atoms with Crippen molar-refractivity contribution in [2.24, 2.45) is 0 Å². The van der Waals surface area contributed by atoms with Gasteiger partial charge < -0.3 is 10.1 Å². The van der Waals surface area contributed by atoms with E-state index in [1.807, 2.05) is 13.0 Å². The molecule has 1 aliphatic carbocycles. The van der Waals surface area contributed by atoms with Gasteiger partial charge in [-0.1, -0.05) is 28.1 Å². The van der Waals surface area contributed by atoms with Crippen LogP contribution in [0.2, 0.25) is 0 Å². The van der Waals surface area contributed by atoms with Gasteiger partial charge in [-0.05, 0) is 37.0 Å². The van der Waals surface area contributed by atoms with Crippen molar-refractivity contribution in [3.8, 4) is 0 Å². The van der Waals surface area contributed by atoms with Gasteiger partial charge in [-0.3, -0.25) is 4.79 Å². The van der Waals surface area contributed by atoms with Gasteiger partial charge in [0.15, 0.2) is 0 Å². The van der Waals surface area contributed by atoms with Crippen molar-refractivity contribution >= 4 is 21.8 Å². The topological polar surface area (TPSA) is 38.3 Å². The molecule has 0 saturated heterocycles. The molecule has 4 heteroatoms. The van der Waals surface area contributed by atoms with Gasteiger partial charge in [-0.25, -0.2) is 0 Å². The van der Waals surface area contributed by atoms with Crippen molar-refractivity contribution in [1.82, 2.24) is 5.32 Å². The lowest BCUT2D eigenvalue weighted by molar-refractivity contribution is -0.122. The number of carbonyl (C=O) groups excluding carboxylic acids is 1. The first-order chi connectivity index (χ1) is 8.72. The van der Waals surface area contributed by atoms with E-state index in [-0.39, 0.29) is 11.9 Å². The highest BCUT2D eigenvalue weighted by Crippen LogP contribution is 2.35. The van der Waals surface area contributed by atoms with Crippen LogP contribution in [0.15, 0.2) is 22.7 Å². The summed E-state index contributed by atoms with van der Waals surface area (Å²) in [5.74, 6) is 0.0706. The van der Waals surface area contributed by atoms with Gasteiger partial charge >= 0.3 is 0 Å². The largest absolute Gasteiger partial charge is 0.381 e. The average molecular weight is 312 g/mol. The Morgan fingerprint density at radius 3 is 3.17 bits per heavy atom. The predicted octanol–water partition coefficient (Wildman–Crippen LogP) is 2.98. The number of nitrogens with one attached hydrogen (secondary N) is 1. The van der Waals surface area contributed by atoms with Gasteiger partial charge in [-0.15, -0.1) is 0 Å². The van der Waals surface area contributed by atoms with Crippen LogP contribution in [0.1, 0.15) is 36.9 Å². The number of carbonyl (C=O) groups is 1. The number of amides is 1. The Hall–Kier alpha value is -0.870. The lowest BCUT2D eigenvalue weighted by Crippen LogP contribution is -2.27. The van der Waals surface area contributed by atoms with Crippen LogP contribution in [-0.4, -0.2) is 19.1 Å². The summed E-state index contributed by atoms with van der Waals surface area (Å²) >= 11 is 3.56. The van der Waals surface area contributed by atoms with E-state index in [2.05, 4.69) is 33.4 Å². The second kappa shape index (κ2) is 6.34. The Balaban J connectivity index is 1.93. The van der Waals surface area contributed by atoms with Crippen LogP contribution >= 0.6 is 15.9 Å². The maximum atomic E-state index is 11.8. The fourth-order valence-corrected chi connectivity index (χ4v) is 2.92. The average Bonchev–Trinajstić information content (AvgIpc) is 2.74. The molecule has 0 spiro atoms. The third kappa shape index (κ3) is 3.12. The van der Waals surface area contributed by atoms with Crippen LogP contribution in [0, 0.1) is 0 Å². The number of hydrogen-bond donors (Lipinski definition) is 1. The fourth-order valence-electron chi connectivity index (χ4n) is 2.34. The van der Waals surface area contributed by atoms with Crippen LogP contribution in [0.3, 0.4) is 0 Å². The van der Waals surface area contributed by atoms with Crippen molar-refractivity contribution in [2.75, 3.05) is 13.2 Å². The Morgan fingerprint density at radius 2 is 2.39 bits per heavy atom. The van der Waals surface area contributed by atoms with Gasteiger partial charge in [0.1, 0.15) is 0 Å². The van der Waals surface area contributed by atoms with E-state index in [1.54, 1.807) is 0 Å². The molecule has 1 aromatic rings. The number of ether oxygens (including phenoxy) is 1. The fraction of sp³-hybridized carbons (Fsp3) is 0.500. The SMILES string of the molecule is CCOCCC(=O)N[C@H]1CCc2c(Br)cccc21. The van der Waals surface area contributed by atoms with E-state index < -0.39 is 0 Å². The van der Waals surface area contributed by atoms with Gasteiger partial charge in [0.25, 0.3) is 0 Å². The highest BCUT2D eigenvalue weighted by molar-refractivity contribution is 9.10. The van der Waals surface area contributed by atoms with Gasteiger partial charge in [-0.2, -0.15) is 0 Å². The molecule has 2 rings (SSSR count). The molecule has 0 aromatic heterocycles. The van der Waals surface area contributed by atoms with Crippen LogP contribution in [0.25, 0.3) is 0 Å². The first-order valence-electron chi connectivity index (χ1n) is 6.36. The molecule has 0 saturated carbocycles. The van der Waals surface area contributed by atoms with E-state index in [9.17, 15) is 4.79 Å². The Morgan fingerprint density at radius 1 is 1.56 bits per heavy atom. The van der Waals surface area contributed by atoms with E-state index in [4.69, 9.17) is 4.74 Å². The maximum absolute atomic E-state index is 11.8. The number of fused-ring (bicyclic) bond motifs is 1. The second-order valence-corrected chi connectivity index (χ2v) is 5.27. The lowest BCUT2D eigenvalue weighted by atomic mass is 10.1. The van der Waals surface area contributed by atoms with Gasteiger partial charge in [0.2, 0.25) is 5.91 Å². The smallest absolute Gasteiger partial charge is 0.222 e. The molecule has 98 valence electrons. The molecule has 1 N–H and O–H groups in total. The van der Waals surface area contributed by atoms with Crippen molar-refractivity contribution in [2.45, 2.75) is 32.2 Å². The number of hydrogen-bond acceptors (Lipinski definition) is 2. The minimum absolute atomic E-state index is 0.0706. The molecule has 0 bridgehead atoms. The summed E-state index contributed by atoms with van der Waals surface area (Å²) in [7, 11) is 0. The molecule has 1 aromatic carbocycles. The molecule has 0 radical (unpaired) electrons. The molecular weight excluding hydrogens is 294 g/mol. The minimum Gasteiger partial charge on any atom is -0.381 e. The molecule has 0 fully saturated rings. The molecule has 1 amide bonds. The summed E-state index contributed by atoms with van der Waals surface area (Å²) in [6, 6.07) is 6.33. The summed E-state index contributed by atoms with van der Waals surface area (Å²) in [5.41, 5.74) is 2.57. The zero-order valence-corrected chi connectivity index (χ0v) is 12.1. The zero-order chi connectivity index (χ0) is 13.0. The normalized spacial score (nSPS) is 17.6. The van der Waals surface area contributed by atoms with E-state index in [1.165, 1.54) is 11.1 Å². The lowest BCUT2D eigenvalue weighted by Gasteiger charge is -2.14. The summed E-state index contributed by atoms with van der Waals surface area (Å²) < 4.78 is 6.33. The van der Waals surface area contributed by atoms with Gasteiger partial charge in [0, 0.05) is 17.5 Å². The van der Waals surface area contributed by atoms with Crippen LogP contribution in [-0.2, 0) is 16.0 Å². The molecule has 0 unspecified atom stereocenters. The highest BCUT2D eigenvalue weighted by atomic mass is 79.9. The molecule has 1 atom stereocenters. The Kier molecular flexibility index (Phi) is 4.78. The number of halogens is 1. The second-order valence-electron chi connectivity index (χ2n) is 4.41. The molecule has 1 aliphatic rings. The zero-order valence-electron chi connectivity index (χ0n) is 10.5. The van der Waals surface area contributed by atoms with Crippen LogP contribution in [0.4, 0.5) is 0 Å². The van der Waals surface area contributed by atoms with Gasteiger partial charge in [0.05, 0.1) is 12.6 Å². The van der Waals surface area contributed by atoms with Crippen molar-refractivity contribution in [3.63, 3.8) is 0 Å². The number of benzene rings is 1. The van der Waals surface area contributed by atoms with Crippen molar-refractivity contribution in [1.29, 1.82) is 0 Å². The molecule has 3 nitrogen and oxygen atoms in total. The number of rotatable bonds is 5. The molecule has 0 heterocycles. The van der Waals surface area contributed by atoms with E-state index in [0.29, 0.717) is 19.6 Å². The maximum Gasteiger partial charge on any atom is 0.222 e. The summed E-state index contributed by atoms with van der Waals surface area (Å²) in [6.07, 6.45) is 2.44. The quantitative estimate of drug-likeness (QED) is 0.849. The molecule has 0 aliphatic heterocycles. The first-order valence-corrected chi connectivity index (χ1v) is 7.16. The van der Waals surface area contributed by atoms with Crippen LogP contribution < -0.4 is 5.32 Å². The minimum atomic E-state index is 0.0706. The first kappa shape index (κ1) is 13.6. The standard InChI is InChI=1S/C14H18BrNO2/c1-2-18-9-8-14(17)16-13-7-6-10-11(13)4-3-5-12(10)15/h3-5,13H,2,6-9H2,1H3,(H,16,17)/t13-/m0/s1. The predicted molar refractivity (Wildman–Crippen MR) is 74.5 cm³/mol. The summed E-state index contributed by atoms with van der Waals surface area (Å²) in [5, 5.41) is 3.08. The van der Waals surface area contributed by atoms with Crippen molar-refractivity contribution < 1.29 is 9.53 Å².